The molecule has 1 aliphatic heterocycles. The first-order chi connectivity index (χ1) is 9.07. The second-order valence-electron chi connectivity index (χ2n) is 4.93. The van der Waals surface area contributed by atoms with Crippen LogP contribution in [-0.4, -0.2) is 36.4 Å². The number of aliphatic hydroxyl groups is 1. The van der Waals surface area contributed by atoms with Gasteiger partial charge in [0.2, 0.25) is 5.91 Å². The van der Waals surface area contributed by atoms with Crippen LogP contribution in [0.15, 0.2) is 28.7 Å². The van der Waals surface area contributed by atoms with Crippen molar-refractivity contribution in [3.8, 4) is 0 Å². The highest BCUT2D eigenvalue weighted by Crippen LogP contribution is 2.17. The lowest BCUT2D eigenvalue weighted by Gasteiger charge is -2.20. The number of hydrogen-bond acceptors (Lipinski definition) is 3. The number of ether oxygens (including phenoxy) is 1. The first-order valence-electron chi connectivity index (χ1n) is 6.39. The Morgan fingerprint density at radius 3 is 3.05 bits per heavy atom. The third-order valence-electron chi connectivity index (χ3n) is 3.23. The maximum Gasteiger partial charge on any atom is 0.220 e. The fourth-order valence-corrected chi connectivity index (χ4v) is 2.48. The van der Waals surface area contributed by atoms with Gasteiger partial charge in [-0.2, -0.15) is 0 Å². The minimum atomic E-state index is -0.883. The van der Waals surface area contributed by atoms with Gasteiger partial charge < -0.3 is 15.2 Å². The number of benzene rings is 1. The molecule has 0 saturated carbocycles. The second-order valence-corrected chi connectivity index (χ2v) is 5.85. The van der Waals surface area contributed by atoms with Gasteiger partial charge in [-0.15, -0.1) is 0 Å². The molecule has 1 fully saturated rings. The molecule has 0 spiro atoms. The van der Waals surface area contributed by atoms with Crippen molar-refractivity contribution < 1.29 is 14.6 Å². The van der Waals surface area contributed by atoms with Crippen molar-refractivity contribution in [2.75, 3.05) is 19.8 Å². The lowest BCUT2D eigenvalue weighted by Crippen LogP contribution is -2.43. The number of halogens is 1. The molecule has 104 valence electrons. The molecule has 1 aromatic carbocycles. The molecule has 1 aliphatic rings. The summed E-state index contributed by atoms with van der Waals surface area (Å²) in [5, 5.41) is 12.8. The van der Waals surface area contributed by atoms with E-state index in [0.717, 1.165) is 10.0 Å². The molecule has 19 heavy (non-hydrogen) atoms. The van der Waals surface area contributed by atoms with Gasteiger partial charge in [-0.3, -0.25) is 4.79 Å². The minimum Gasteiger partial charge on any atom is -0.386 e. The Hall–Kier alpha value is -0.910. The second kappa shape index (κ2) is 6.50. The van der Waals surface area contributed by atoms with Crippen molar-refractivity contribution in [1.29, 1.82) is 0 Å². The Labute approximate surface area is 121 Å². The molecule has 1 aromatic rings. The highest BCUT2D eigenvalue weighted by atomic mass is 79.9. The smallest absolute Gasteiger partial charge is 0.220 e. The maximum atomic E-state index is 11.7. The minimum absolute atomic E-state index is 0.0414. The summed E-state index contributed by atoms with van der Waals surface area (Å²) in [6.07, 6.45) is 1.70. The largest absolute Gasteiger partial charge is 0.386 e. The number of nitrogens with one attached hydrogen (secondary N) is 1. The zero-order chi connectivity index (χ0) is 13.7. The summed E-state index contributed by atoms with van der Waals surface area (Å²) in [6, 6.07) is 7.91. The highest BCUT2D eigenvalue weighted by molar-refractivity contribution is 9.10. The summed E-state index contributed by atoms with van der Waals surface area (Å²) in [5.74, 6) is -0.0414. The Kier molecular flexibility index (Phi) is 4.96. The van der Waals surface area contributed by atoms with E-state index in [1.165, 1.54) is 0 Å². The fraction of sp³-hybridized carbons (Fsp3) is 0.500. The summed E-state index contributed by atoms with van der Waals surface area (Å²) in [5.41, 5.74) is 0.234. The molecule has 2 N–H and O–H groups in total. The Morgan fingerprint density at radius 1 is 1.53 bits per heavy atom. The standard InChI is InChI=1S/C14H18BrNO3/c15-12-3-1-2-11(8-12)4-5-13(17)16-9-14(18)6-7-19-10-14/h1-3,8,18H,4-7,9-10H2,(H,16,17). The summed E-state index contributed by atoms with van der Waals surface area (Å²) in [7, 11) is 0. The molecule has 1 unspecified atom stereocenters. The molecule has 2 rings (SSSR count). The number of carbonyl (C=O) groups is 1. The topological polar surface area (TPSA) is 58.6 Å². The molecule has 0 bridgehead atoms. The highest BCUT2D eigenvalue weighted by Gasteiger charge is 2.32. The van der Waals surface area contributed by atoms with Crippen LogP contribution in [0.1, 0.15) is 18.4 Å². The molecular formula is C14H18BrNO3. The van der Waals surface area contributed by atoms with E-state index in [0.29, 0.717) is 32.5 Å². The van der Waals surface area contributed by atoms with Crippen LogP contribution in [0.5, 0.6) is 0 Å². The van der Waals surface area contributed by atoms with E-state index >= 15 is 0 Å². The van der Waals surface area contributed by atoms with Gasteiger partial charge in [-0.25, -0.2) is 0 Å². The average Bonchev–Trinajstić information content (AvgIpc) is 2.82. The summed E-state index contributed by atoms with van der Waals surface area (Å²) < 4.78 is 6.14. The van der Waals surface area contributed by atoms with Gasteiger partial charge in [-0.05, 0) is 24.1 Å². The van der Waals surface area contributed by atoms with Crippen LogP contribution in [0.4, 0.5) is 0 Å². The lowest BCUT2D eigenvalue weighted by molar-refractivity contribution is -0.122. The van der Waals surface area contributed by atoms with Crippen LogP contribution < -0.4 is 5.32 Å². The van der Waals surface area contributed by atoms with Gasteiger partial charge in [0.05, 0.1) is 6.61 Å². The van der Waals surface area contributed by atoms with Crippen molar-refractivity contribution in [3.63, 3.8) is 0 Å². The Balaban J connectivity index is 1.73. The number of carbonyl (C=O) groups excluding carboxylic acids is 1. The van der Waals surface area contributed by atoms with Crippen molar-refractivity contribution in [1.82, 2.24) is 5.32 Å². The van der Waals surface area contributed by atoms with Crippen molar-refractivity contribution in [3.05, 3.63) is 34.3 Å². The van der Waals surface area contributed by atoms with E-state index in [-0.39, 0.29) is 12.5 Å². The number of hydrogen-bond donors (Lipinski definition) is 2. The normalized spacial score (nSPS) is 22.4. The third kappa shape index (κ3) is 4.60. The third-order valence-corrected chi connectivity index (χ3v) is 3.72. The first kappa shape index (κ1) is 14.5. The quantitative estimate of drug-likeness (QED) is 0.864. The number of amides is 1. The summed E-state index contributed by atoms with van der Waals surface area (Å²) in [4.78, 5) is 11.7. The van der Waals surface area contributed by atoms with Crippen LogP contribution in [0.2, 0.25) is 0 Å². The zero-order valence-corrected chi connectivity index (χ0v) is 12.3. The van der Waals surface area contributed by atoms with Gasteiger partial charge in [0.15, 0.2) is 0 Å². The Morgan fingerprint density at radius 2 is 2.37 bits per heavy atom. The molecule has 0 aliphatic carbocycles. The summed E-state index contributed by atoms with van der Waals surface area (Å²) in [6.45, 7) is 1.13. The fourth-order valence-electron chi connectivity index (χ4n) is 2.04. The number of aryl methyl sites for hydroxylation is 1. The number of rotatable bonds is 5. The van der Waals surface area contributed by atoms with E-state index in [2.05, 4.69) is 21.2 Å². The van der Waals surface area contributed by atoms with Gasteiger partial charge in [0.1, 0.15) is 5.60 Å². The van der Waals surface area contributed by atoms with Crippen LogP contribution in [0.25, 0.3) is 0 Å². The van der Waals surface area contributed by atoms with Crippen LogP contribution >= 0.6 is 15.9 Å². The van der Waals surface area contributed by atoms with Gasteiger partial charge in [0.25, 0.3) is 0 Å². The van der Waals surface area contributed by atoms with Gasteiger partial charge in [-0.1, -0.05) is 28.1 Å². The molecule has 4 nitrogen and oxygen atoms in total. The van der Waals surface area contributed by atoms with E-state index < -0.39 is 5.60 Å². The molecule has 1 saturated heterocycles. The van der Waals surface area contributed by atoms with E-state index in [1.54, 1.807) is 0 Å². The average molecular weight is 328 g/mol. The molecule has 1 atom stereocenters. The molecule has 0 radical (unpaired) electrons. The van der Waals surface area contributed by atoms with Gasteiger partial charge in [0, 0.05) is 30.5 Å². The molecule has 1 amide bonds. The van der Waals surface area contributed by atoms with Crippen molar-refractivity contribution in [2.45, 2.75) is 24.9 Å². The molecule has 0 aromatic heterocycles. The lowest BCUT2D eigenvalue weighted by atomic mass is 10.0. The van der Waals surface area contributed by atoms with E-state index in [1.807, 2.05) is 24.3 Å². The van der Waals surface area contributed by atoms with Crippen LogP contribution in [0, 0.1) is 0 Å². The van der Waals surface area contributed by atoms with E-state index in [9.17, 15) is 9.90 Å². The predicted octanol–water partition coefficient (Wildman–Crippen LogP) is 1.65. The van der Waals surface area contributed by atoms with Crippen molar-refractivity contribution in [2.24, 2.45) is 0 Å². The predicted molar refractivity (Wildman–Crippen MR) is 75.9 cm³/mol. The zero-order valence-electron chi connectivity index (χ0n) is 10.7. The van der Waals surface area contributed by atoms with Crippen LogP contribution in [0.3, 0.4) is 0 Å². The molecule has 1 heterocycles. The van der Waals surface area contributed by atoms with E-state index in [4.69, 9.17) is 4.74 Å². The summed E-state index contributed by atoms with van der Waals surface area (Å²) >= 11 is 3.40. The monoisotopic (exact) mass is 327 g/mol. The first-order valence-corrected chi connectivity index (χ1v) is 7.18. The van der Waals surface area contributed by atoms with Gasteiger partial charge >= 0.3 is 0 Å². The van der Waals surface area contributed by atoms with Crippen molar-refractivity contribution >= 4 is 21.8 Å². The Bertz CT molecular complexity index is 444. The molecule has 5 heteroatoms. The van der Waals surface area contributed by atoms with Crippen LogP contribution in [-0.2, 0) is 16.0 Å². The SMILES string of the molecule is O=C(CCc1cccc(Br)c1)NCC1(O)CCOC1. The maximum absolute atomic E-state index is 11.7. The molecular weight excluding hydrogens is 310 g/mol.